The van der Waals surface area contributed by atoms with E-state index in [1.54, 1.807) is 17.8 Å². The van der Waals surface area contributed by atoms with Crippen molar-refractivity contribution in [3.63, 3.8) is 0 Å². The second-order valence-electron chi connectivity index (χ2n) is 4.57. The summed E-state index contributed by atoms with van der Waals surface area (Å²) in [6.07, 6.45) is 1.97. The molecule has 0 aliphatic heterocycles. The molecule has 0 aliphatic carbocycles. The van der Waals surface area contributed by atoms with Crippen LogP contribution in [0.15, 0.2) is 30.3 Å². The van der Waals surface area contributed by atoms with Crippen LogP contribution in [0.2, 0.25) is 0 Å². The molecule has 0 bridgehead atoms. The number of pyridine rings is 1. The van der Waals surface area contributed by atoms with Crippen LogP contribution < -0.4 is 5.32 Å². The van der Waals surface area contributed by atoms with Crippen molar-refractivity contribution in [2.45, 2.75) is 18.2 Å². The van der Waals surface area contributed by atoms with Crippen molar-refractivity contribution in [1.82, 2.24) is 4.98 Å². The van der Waals surface area contributed by atoms with Gasteiger partial charge < -0.3 is 10.4 Å². The van der Waals surface area contributed by atoms with Gasteiger partial charge in [-0.15, -0.1) is 0 Å². The molecule has 0 amide bonds. The van der Waals surface area contributed by atoms with Crippen LogP contribution in [-0.2, 0) is 0 Å². The smallest absolute Gasteiger partial charge is 0.128 e. The topological polar surface area (TPSA) is 68.9 Å². The number of aromatic nitrogens is 1. The van der Waals surface area contributed by atoms with E-state index >= 15 is 0 Å². The van der Waals surface area contributed by atoms with E-state index in [1.165, 1.54) is 0 Å². The molecule has 2 aromatic rings. The first-order chi connectivity index (χ1) is 9.69. The maximum absolute atomic E-state index is 9.31. The molecule has 0 spiro atoms. The van der Waals surface area contributed by atoms with E-state index in [-0.39, 0.29) is 17.9 Å². The number of benzene rings is 1. The fourth-order valence-electron chi connectivity index (χ4n) is 2.10. The lowest BCUT2D eigenvalue weighted by molar-refractivity contribution is 0.288. The fourth-order valence-corrected chi connectivity index (χ4v) is 2.73. The predicted molar refractivity (Wildman–Crippen MR) is 83.9 cm³/mol. The van der Waals surface area contributed by atoms with Crippen molar-refractivity contribution in [3.8, 4) is 6.07 Å². The van der Waals surface area contributed by atoms with Crippen molar-refractivity contribution in [2.75, 3.05) is 18.2 Å². The van der Waals surface area contributed by atoms with E-state index in [1.807, 2.05) is 37.4 Å². The fraction of sp³-hybridized carbons (Fsp3) is 0.333. The average Bonchev–Trinajstić information content (AvgIpc) is 2.47. The molecule has 0 radical (unpaired) electrons. The van der Waals surface area contributed by atoms with Gasteiger partial charge in [0.05, 0.1) is 23.8 Å². The zero-order chi connectivity index (χ0) is 14.5. The summed E-state index contributed by atoms with van der Waals surface area (Å²) in [5.41, 5.74) is 1.40. The molecule has 2 rings (SSSR count). The Balaban J connectivity index is 2.34. The zero-order valence-corrected chi connectivity index (χ0v) is 12.3. The van der Waals surface area contributed by atoms with Gasteiger partial charge in [-0.2, -0.15) is 17.0 Å². The molecule has 0 saturated heterocycles. The van der Waals surface area contributed by atoms with E-state index in [9.17, 15) is 10.4 Å². The van der Waals surface area contributed by atoms with Gasteiger partial charge in [0.1, 0.15) is 5.82 Å². The number of para-hydroxylation sites is 1. The van der Waals surface area contributed by atoms with E-state index in [2.05, 4.69) is 16.4 Å². The first kappa shape index (κ1) is 14.6. The van der Waals surface area contributed by atoms with Gasteiger partial charge in [-0.1, -0.05) is 18.2 Å². The number of aliphatic hydroxyl groups is 1. The van der Waals surface area contributed by atoms with Gasteiger partial charge in [-0.25, -0.2) is 4.98 Å². The van der Waals surface area contributed by atoms with Gasteiger partial charge in [-0.05, 0) is 25.3 Å². The third-order valence-corrected chi connectivity index (χ3v) is 4.42. The van der Waals surface area contributed by atoms with Crippen LogP contribution in [0.25, 0.3) is 10.9 Å². The molecule has 1 aromatic carbocycles. The van der Waals surface area contributed by atoms with Crippen LogP contribution in [0.4, 0.5) is 5.82 Å². The van der Waals surface area contributed by atoms with Crippen molar-refractivity contribution in [1.29, 1.82) is 5.26 Å². The predicted octanol–water partition coefficient (Wildman–Crippen LogP) is 2.63. The molecular weight excluding hydrogens is 270 g/mol. The lowest BCUT2D eigenvalue weighted by atomic mass is 10.1. The van der Waals surface area contributed by atoms with E-state index in [4.69, 9.17) is 0 Å². The van der Waals surface area contributed by atoms with Crippen molar-refractivity contribution in [2.24, 2.45) is 0 Å². The largest absolute Gasteiger partial charge is 0.395 e. The molecular formula is C15H17N3OS. The summed E-state index contributed by atoms with van der Waals surface area (Å²) in [5, 5.41) is 22.8. The number of nitrogens with zero attached hydrogens (tertiary/aromatic N) is 2. The molecule has 4 nitrogen and oxygen atoms in total. The van der Waals surface area contributed by atoms with E-state index in [0.29, 0.717) is 11.4 Å². The van der Waals surface area contributed by atoms with Gasteiger partial charge in [0.15, 0.2) is 0 Å². The first-order valence-corrected chi connectivity index (χ1v) is 7.68. The highest BCUT2D eigenvalue weighted by Gasteiger charge is 2.16. The summed E-state index contributed by atoms with van der Waals surface area (Å²) in [7, 11) is 0. The molecule has 1 heterocycles. The summed E-state index contributed by atoms with van der Waals surface area (Å²) < 4.78 is 0. The third-order valence-electron chi connectivity index (χ3n) is 3.25. The number of fused-ring (bicyclic) bond motifs is 1. The Morgan fingerprint density at radius 3 is 2.85 bits per heavy atom. The maximum atomic E-state index is 9.31. The van der Waals surface area contributed by atoms with Crippen LogP contribution in [0.5, 0.6) is 0 Å². The normalized spacial score (nSPS) is 13.7. The highest BCUT2D eigenvalue weighted by atomic mass is 32.2. The zero-order valence-electron chi connectivity index (χ0n) is 11.5. The van der Waals surface area contributed by atoms with Gasteiger partial charge in [0.2, 0.25) is 0 Å². The molecule has 2 unspecified atom stereocenters. The van der Waals surface area contributed by atoms with Gasteiger partial charge in [0, 0.05) is 16.7 Å². The lowest BCUT2D eigenvalue weighted by Gasteiger charge is -2.22. The van der Waals surface area contributed by atoms with Gasteiger partial charge in [-0.3, -0.25) is 0 Å². The Hall–Kier alpha value is -1.77. The Morgan fingerprint density at radius 1 is 1.45 bits per heavy atom. The Morgan fingerprint density at radius 2 is 2.20 bits per heavy atom. The second-order valence-corrected chi connectivity index (χ2v) is 5.65. The Labute approximate surface area is 122 Å². The first-order valence-electron chi connectivity index (χ1n) is 6.39. The number of anilines is 1. The van der Waals surface area contributed by atoms with Crippen LogP contribution in [0.1, 0.15) is 12.5 Å². The minimum Gasteiger partial charge on any atom is -0.395 e. The number of aliphatic hydroxyl groups excluding tert-OH is 1. The summed E-state index contributed by atoms with van der Waals surface area (Å²) in [6, 6.07) is 11.6. The third kappa shape index (κ3) is 3.03. The standard InChI is InChI=1S/C15H17N3OS/c1-10(14(9-19)20-2)17-15-7-11(8-16)12-5-3-4-6-13(12)18-15/h3-7,10,14,19H,9H2,1-2H3,(H,17,18). The SMILES string of the molecule is CSC(CO)C(C)Nc1cc(C#N)c2ccccc2n1. The summed E-state index contributed by atoms with van der Waals surface area (Å²) in [6.45, 7) is 2.11. The Kier molecular flexibility index (Phi) is 4.83. The van der Waals surface area contributed by atoms with Gasteiger partial charge in [0.25, 0.3) is 0 Å². The molecule has 2 N–H and O–H groups in total. The van der Waals surface area contributed by atoms with Crippen molar-refractivity contribution >= 4 is 28.5 Å². The van der Waals surface area contributed by atoms with Crippen molar-refractivity contribution < 1.29 is 5.11 Å². The second kappa shape index (κ2) is 6.60. The Bertz CT molecular complexity index is 635. The summed E-state index contributed by atoms with van der Waals surface area (Å²) in [4.78, 5) is 4.52. The number of hydrogen-bond acceptors (Lipinski definition) is 5. The average molecular weight is 287 g/mol. The summed E-state index contributed by atoms with van der Waals surface area (Å²) >= 11 is 1.61. The highest BCUT2D eigenvalue weighted by Crippen LogP contribution is 2.22. The number of hydrogen-bond donors (Lipinski definition) is 2. The number of nitriles is 1. The van der Waals surface area contributed by atoms with E-state index < -0.39 is 0 Å². The lowest BCUT2D eigenvalue weighted by Crippen LogP contribution is -2.31. The molecule has 104 valence electrons. The molecule has 5 heteroatoms. The number of thioether (sulfide) groups is 1. The number of nitrogens with one attached hydrogen (secondary N) is 1. The quantitative estimate of drug-likeness (QED) is 0.884. The van der Waals surface area contributed by atoms with Crippen LogP contribution in [0.3, 0.4) is 0 Å². The molecule has 0 fully saturated rings. The summed E-state index contributed by atoms with van der Waals surface area (Å²) in [5.74, 6) is 0.667. The maximum Gasteiger partial charge on any atom is 0.128 e. The molecule has 0 saturated carbocycles. The van der Waals surface area contributed by atoms with Crippen LogP contribution in [0, 0.1) is 11.3 Å². The monoisotopic (exact) mass is 287 g/mol. The van der Waals surface area contributed by atoms with Crippen molar-refractivity contribution in [3.05, 3.63) is 35.9 Å². The molecule has 0 aliphatic rings. The minimum absolute atomic E-state index is 0.0650. The minimum atomic E-state index is 0.0650. The molecule has 20 heavy (non-hydrogen) atoms. The van der Waals surface area contributed by atoms with Crippen LogP contribution >= 0.6 is 11.8 Å². The number of rotatable bonds is 5. The highest BCUT2D eigenvalue weighted by molar-refractivity contribution is 7.99. The molecule has 2 atom stereocenters. The van der Waals surface area contributed by atoms with Gasteiger partial charge >= 0.3 is 0 Å². The molecule has 1 aromatic heterocycles. The van der Waals surface area contributed by atoms with E-state index in [0.717, 1.165) is 10.9 Å². The van der Waals surface area contributed by atoms with Crippen LogP contribution in [-0.4, -0.2) is 34.2 Å².